The highest BCUT2D eigenvalue weighted by Crippen LogP contribution is 2.40. The predicted octanol–water partition coefficient (Wildman–Crippen LogP) is 1.97. The van der Waals surface area contributed by atoms with Crippen LogP contribution >= 0.6 is 0 Å². The molecular weight excluding hydrogens is 186 g/mol. The molecule has 1 heterocycles. The van der Waals surface area contributed by atoms with Gasteiger partial charge in [-0.2, -0.15) is 0 Å². The summed E-state index contributed by atoms with van der Waals surface area (Å²) < 4.78 is 10.2. The number of hydrogen-bond acceptors (Lipinski definition) is 4. The van der Waals surface area contributed by atoms with Crippen LogP contribution in [-0.2, 0) is 0 Å². The molecule has 1 aromatic rings. The zero-order chi connectivity index (χ0) is 10.1. The van der Waals surface area contributed by atoms with Crippen molar-refractivity contribution in [3.8, 4) is 11.5 Å². The van der Waals surface area contributed by atoms with E-state index in [0.717, 1.165) is 0 Å². The number of nitrogens with zero attached hydrogens (tertiary/aromatic N) is 1. The fourth-order valence-corrected chi connectivity index (χ4v) is 1.34. The lowest BCUT2D eigenvalue weighted by Gasteiger charge is -2.01. The Balaban J connectivity index is 2.65. The number of ether oxygens (including phenoxy) is 2. The fraction of sp³-hybridized carbons (Fsp3) is 0.111. The lowest BCUT2D eigenvalue weighted by atomic mass is 10.1. The third-order valence-electron chi connectivity index (χ3n) is 1.96. The summed E-state index contributed by atoms with van der Waals surface area (Å²) in [5, 5.41) is 10.6. The van der Waals surface area contributed by atoms with Crippen molar-refractivity contribution < 1.29 is 14.4 Å². The van der Waals surface area contributed by atoms with E-state index in [1.165, 1.54) is 18.2 Å². The topological polar surface area (TPSA) is 61.6 Å². The van der Waals surface area contributed by atoms with E-state index in [-0.39, 0.29) is 12.5 Å². The van der Waals surface area contributed by atoms with Crippen LogP contribution in [-0.4, -0.2) is 11.7 Å². The largest absolute Gasteiger partial charge is 0.454 e. The van der Waals surface area contributed by atoms with Gasteiger partial charge in [0.05, 0.1) is 10.5 Å². The third-order valence-corrected chi connectivity index (χ3v) is 1.96. The van der Waals surface area contributed by atoms with Gasteiger partial charge in [-0.05, 0) is 6.07 Å². The van der Waals surface area contributed by atoms with Crippen molar-refractivity contribution in [2.24, 2.45) is 0 Å². The SMILES string of the molecule is C=Cc1c([N+](=O)[O-])ccc2c1OCO2. The van der Waals surface area contributed by atoms with Crippen molar-refractivity contribution in [3.05, 3.63) is 34.4 Å². The van der Waals surface area contributed by atoms with Crippen LogP contribution in [0.5, 0.6) is 11.5 Å². The Hall–Kier alpha value is -2.04. The highest BCUT2D eigenvalue weighted by atomic mass is 16.7. The summed E-state index contributed by atoms with van der Waals surface area (Å²) >= 11 is 0. The molecule has 1 aromatic carbocycles. The van der Waals surface area contributed by atoms with E-state index >= 15 is 0 Å². The van der Waals surface area contributed by atoms with Crippen molar-refractivity contribution in [1.29, 1.82) is 0 Å². The number of nitro benzene ring substituents is 1. The van der Waals surface area contributed by atoms with Gasteiger partial charge in [-0.25, -0.2) is 0 Å². The van der Waals surface area contributed by atoms with Crippen LogP contribution in [0.4, 0.5) is 5.69 Å². The molecule has 0 saturated heterocycles. The molecule has 5 nitrogen and oxygen atoms in total. The van der Waals surface area contributed by atoms with E-state index in [1.54, 1.807) is 0 Å². The van der Waals surface area contributed by atoms with Crippen molar-refractivity contribution >= 4 is 11.8 Å². The molecule has 0 amide bonds. The van der Waals surface area contributed by atoms with E-state index in [4.69, 9.17) is 9.47 Å². The number of benzene rings is 1. The molecule has 1 aliphatic rings. The second-order valence-corrected chi connectivity index (χ2v) is 2.69. The molecule has 0 atom stereocenters. The maximum absolute atomic E-state index is 10.6. The van der Waals surface area contributed by atoms with Gasteiger partial charge in [0.25, 0.3) is 5.69 Å². The highest BCUT2D eigenvalue weighted by molar-refractivity contribution is 5.70. The first-order valence-electron chi connectivity index (χ1n) is 3.93. The average Bonchev–Trinajstić information content (AvgIpc) is 2.63. The standard InChI is InChI=1S/C9H7NO4/c1-2-6-7(10(11)12)3-4-8-9(6)14-5-13-8/h2-4H,1,5H2. The summed E-state index contributed by atoms with van der Waals surface area (Å²) in [5.41, 5.74) is 0.342. The van der Waals surface area contributed by atoms with Crippen LogP contribution in [0, 0.1) is 10.1 Å². The number of nitro groups is 1. The van der Waals surface area contributed by atoms with E-state index in [1.807, 2.05) is 0 Å². The van der Waals surface area contributed by atoms with E-state index in [9.17, 15) is 10.1 Å². The van der Waals surface area contributed by atoms with Gasteiger partial charge in [0.2, 0.25) is 6.79 Å². The van der Waals surface area contributed by atoms with Crippen molar-refractivity contribution in [2.45, 2.75) is 0 Å². The number of fused-ring (bicyclic) bond motifs is 1. The third kappa shape index (κ3) is 1.10. The Morgan fingerprint density at radius 1 is 1.50 bits per heavy atom. The Kier molecular flexibility index (Phi) is 1.85. The molecule has 72 valence electrons. The Morgan fingerprint density at radius 2 is 2.29 bits per heavy atom. The van der Waals surface area contributed by atoms with Gasteiger partial charge in [0.15, 0.2) is 11.5 Å². The summed E-state index contributed by atoms with van der Waals surface area (Å²) in [7, 11) is 0. The van der Waals surface area contributed by atoms with Crippen LogP contribution in [0.25, 0.3) is 6.08 Å². The Morgan fingerprint density at radius 3 is 2.93 bits per heavy atom. The molecule has 2 rings (SSSR count). The molecule has 0 N–H and O–H groups in total. The van der Waals surface area contributed by atoms with Gasteiger partial charge >= 0.3 is 0 Å². The first-order chi connectivity index (χ1) is 6.74. The quantitative estimate of drug-likeness (QED) is 0.532. The van der Waals surface area contributed by atoms with E-state index in [2.05, 4.69) is 6.58 Å². The minimum Gasteiger partial charge on any atom is -0.454 e. The molecule has 0 bridgehead atoms. The first kappa shape index (κ1) is 8.55. The minimum atomic E-state index is -0.473. The summed E-state index contributed by atoms with van der Waals surface area (Å²) in [6.07, 6.45) is 1.39. The van der Waals surface area contributed by atoms with Crippen LogP contribution < -0.4 is 9.47 Å². The Bertz CT molecular complexity index is 414. The molecule has 0 spiro atoms. The highest BCUT2D eigenvalue weighted by Gasteiger charge is 2.24. The average molecular weight is 193 g/mol. The van der Waals surface area contributed by atoms with Gasteiger partial charge in [-0.15, -0.1) is 0 Å². The van der Waals surface area contributed by atoms with Crippen LogP contribution in [0.2, 0.25) is 0 Å². The normalized spacial score (nSPS) is 12.6. The first-order valence-corrected chi connectivity index (χ1v) is 3.93. The molecular formula is C9H7NO4. The van der Waals surface area contributed by atoms with Crippen molar-refractivity contribution in [1.82, 2.24) is 0 Å². The summed E-state index contributed by atoms with van der Waals surface area (Å²) in [4.78, 5) is 10.2. The summed E-state index contributed by atoms with van der Waals surface area (Å²) in [6, 6.07) is 2.90. The fourth-order valence-electron chi connectivity index (χ4n) is 1.34. The van der Waals surface area contributed by atoms with E-state index in [0.29, 0.717) is 17.1 Å². The lowest BCUT2D eigenvalue weighted by Crippen LogP contribution is -1.94. The lowest BCUT2D eigenvalue weighted by molar-refractivity contribution is -0.385. The van der Waals surface area contributed by atoms with Gasteiger partial charge < -0.3 is 9.47 Å². The molecule has 5 heteroatoms. The van der Waals surface area contributed by atoms with Crippen LogP contribution in [0.1, 0.15) is 5.56 Å². The zero-order valence-electron chi connectivity index (χ0n) is 7.23. The molecule has 0 aliphatic carbocycles. The van der Waals surface area contributed by atoms with Gasteiger partial charge in [-0.1, -0.05) is 12.7 Å². The second-order valence-electron chi connectivity index (χ2n) is 2.69. The summed E-state index contributed by atoms with van der Waals surface area (Å²) in [6.45, 7) is 3.61. The smallest absolute Gasteiger partial charge is 0.280 e. The van der Waals surface area contributed by atoms with Crippen molar-refractivity contribution in [3.63, 3.8) is 0 Å². The maximum Gasteiger partial charge on any atom is 0.280 e. The van der Waals surface area contributed by atoms with Crippen LogP contribution in [0.3, 0.4) is 0 Å². The molecule has 0 aromatic heterocycles. The minimum absolute atomic E-state index is 0.0238. The monoisotopic (exact) mass is 193 g/mol. The molecule has 0 radical (unpaired) electrons. The maximum atomic E-state index is 10.6. The van der Waals surface area contributed by atoms with Crippen molar-refractivity contribution in [2.75, 3.05) is 6.79 Å². The molecule has 1 aliphatic heterocycles. The second kappa shape index (κ2) is 3.02. The van der Waals surface area contributed by atoms with Crippen LogP contribution in [0.15, 0.2) is 18.7 Å². The molecule has 14 heavy (non-hydrogen) atoms. The molecule has 0 saturated carbocycles. The predicted molar refractivity (Wildman–Crippen MR) is 49.3 cm³/mol. The van der Waals surface area contributed by atoms with Gasteiger partial charge in [0.1, 0.15) is 0 Å². The molecule has 0 fully saturated rings. The summed E-state index contributed by atoms with van der Waals surface area (Å²) in [5.74, 6) is 0.916. The number of hydrogen-bond donors (Lipinski definition) is 0. The number of rotatable bonds is 2. The zero-order valence-corrected chi connectivity index (χ0v) is 7.23. The molecule has 0 unspecified atom stereocenters. The van der Waals surface area contributed by atoms with Gasteiger partial charge in [-0.3, -0.25) is 10.1 Å². The van der Waals surface area contributed by atoms with E-state index < -0.39 is 4.92 Å². The van der Waals surface area contributed by atoms with Gasteiger partial charge in [0, 0.05) is 6.07 Å². The Labute approximate surface area is 79.7 Å².